The number of benzene rings is 2. The average Bonchev–Trinajstić information content (AvgIpc) is 3.26. The predicted octanol–water partition coefficient (Wildman–Crippen LogP) is 2.25. The van der Waals surface area contributed by atoms with Crippen LogP contribution < -0.4 is 0 Å². The van der Waals surface area contributed by atoms with Crippen LogP contribution in [-0.2, 0) is 9.84 Å². The van der Waals surface area contributed by atoms with Gasteiger partial charge in [-0.3, -0.25) is 0 Å². The molecule has 23 heavy (non-hydrogen) atoms. The standard InChI is InChI=1S/C17H17ClO4S/c18-13-6-4-5-12(9-13)15-16(17(15,10-19)11-20)23(21,22)14-7-2-1-3-8-14/h1-9,15-16,19-20H,10-11H2/t15-,16+/m0/s1. The molecule has 2 aromatic carbocycles. The minimum absolute atomic E-state index is 0.195. The fourth-order valence-corrected chi connectivity index (χ4v) is 5.98. The summed E-state index contributed by atoms with van der Waals surface area (Å²) in [4.78, 5) is 0.195. The van der Waals surface area contributed by atoms with Crippen molar-refractivity contribution in [3.05, 3.63) is 65.2 Å². The van der Waals surface area contributed by atoms with Gasteiger partial charge in [0.05, 0.1) is 23.4 Å². The molecule has 1 fully saturated rings. The molecule has 2 aromatic rings. The van der Waals surface area contributed by atoms with Crippen LogP contribution in [0.2, 0.25) is 5.02 Å². The van der Waals surface area contributed by atoms with Crippen LogP contribution in [0.5, 0.6) is 0 Å². The van der Waals surface area contributed by atoms with Crippen LogP contribution in [0.25, 0.3) is 0 Å². The first-order valence-corrected chi connectivity index (χ1v) is 9.16. The Hall–Kier alpha value is -1.40. The van der Waals surface area contributed by atoms with Crippen molar-refractivity contribution in [1.82, 2.24) is 0 Å². The van der Waals surface area contributed by atoms with Gasteiger partial charge in [0.2, 0.25) is 0 Å². The van der Waals surface area contributed by atoms with Crippen molar-refractivity contribution in [3.63, 3.8) is 0 Å². The summed E-state index contributed by atoms with van der Waals surface area (Å²) in [6.45, 7) is -0.811. The van der Waals surface area contributed by atoms with Crippen LogP contribution in [0.15, 0.2) is 59.5 Å². The zero-order valence-electron chi connectivity index (χ0n) is 12.3. The topological polar surface area (TPSA) is 74.6 Å². The van der Waals surface area contributed by atoms with E-state index in [0.717, 1.165) is 0 Å². The highest BCUT2D eigenvalue weighted by atomic mass is 35.5. The van der Waals surface area contributed by atoms with Gasteiger partial charge >= 0.3 is 0 Å². The molecule has 0 heterocycles. The summed E-state index contributed by atoms with van der Waals surface area (Å²) in [5.41, 5.74) is -0.371. The highest BCUT2D eigenvalue weighted by Crippen LogP contribution is 2.63. The Morgan fingerprint density at radius 1 is 1.00 bits per heavy atom. The van der Waals surface area contributed by atoms with Gasteiger partial charge in [-0.15, -0.1) is 0 Å². The lowest BCUT2D eigenvalue weighted by molar-refractivity contribution is 0.130. The molecule has 2 N–H and O–H groups in total. The van der Waals surface area contributed by atoms with Gasteiger partial charge in [0.1, 0.15) is 0 Å². The lowest BCUT2D eigenvalue weighted by Crippen LogP contribution is -2.22. The average molecular weight is 353 g/mol. The second kappa shape index (κ2) is 5.91. The first-order valence-electron chi connectivity index (χ1n) is 7.23. The minimum Gasteiger partial charge on any atom is -0.396 e. The van der Waals surface area contributed by atoms with Gasteiger partial charge in [0, 0.05) is 16.4 Å². The Labute approximate surface area is 140 Å². The summed E-state index contributed by atoms with van der Waals surface area (Å²) in [6.07, 6.45) is 0. The van der Waals surface area contributed by atoms with E-state index in [4.69, 9.17) is 11.6 Å². The highest BCUT2D eigenvalue weighted by Gasteiger charge is 2.70. The third kappa shape index (κ3) is 2.58. The molecule has 0 amide bonds. The maximum atomic E-state index is 12.9. The fourth-order valence-electron chi connectivity index (χ4n) is 3.33. The Morgan fingerprint density at radius 3 is 2.22 bits per heavy atom. The molecule has 1 aliphatic carbocycles. The number of aliphatic hydroxyl groups excluding tert-OH is 2. The lowest BCUT2D eigenvalue weighted by atomic mass is 10.0. The summed E-state index contributed by atoms with van der Waals surface area (Å²) in [6, 6.07) is 15.0. The third-order valence-corrected chi connectivity index (χ3v) is 7.16. The zero-order chi connectivity index (χ0) is 16.7. The Balaban J connectivity index is 2.07. The van der Waals surface area contributed by atoms with Crippen LogP contribution in [0.1, 0.15) is 11.5 Å². The molecule has 1 aliphatic rings. The van der Waals surface area contributed by atoms with Crippen molar-refractivity contribution in [1.29, 1.82) is 0 Å². The van der Waals surface area contributed by atoms with E-state index in [1.807, 2.05) is 0 Å². The van der Waals surface area contributed by atoms with E-state index in [2.05, 4.69) is 0 Å². The second-order valence-corrected chi connectivity index (χ2v) is 8.37. The first kappa shape index (κ1) is 16.5. The Morgan fingerprint density at radius 2 is 1.65 bits per heavy atom. The van der Waals surface area contributed by atoms with Crippen molar-refractivity contribution in [2.24, 2.45) is 5.41 Å². The van der Waals surface area contributed by atoms with E-state index in [9.17, 15) is 18.6 Å². The first-order chi connectivity index (χ1) is 11.0. The summed E-state index contributed by atoms with van der Waals surface area (Å²) < 4.78 is 25.9. The third-order valence-electron chi connectivity index (χ3n) is 4.58. The quantitative estimate of drug-likeness (QED) is 0.865. The molecule has 0 unspecified atom stereocenters. The van der Waals surface area contributed by atoms with Gasteiger partial charge in [0.25, 0.3) is 0 Å². The van der Waals surface area contributed by atoms with E-state index < -0.39 is 39.6 Å². The number of halogens is 1. The molecule has 4 nitrogen and oxygen atoms in total. The van der Waals surface area contributed by atoms with Crippen LogP contribution in [0.4, 0.5) is 0 Å². The number of hydrogen-bond donors (Lipinski definition) is 2. The predicted molar refractivity (Wildman–Crippen MR) is 88.2 cm³/mol. The van der Waals surface area contributed by atoms with Gasteiger partial charge in [-0.05, 0) is 29.8 Å². The second-order valence-electron chi connectivity index (χ2n) is 5.86. The lowest BCUT2D eigenvalue weighted by Gasteiger charge is -2.11. The molecule has 2 atom stereocenters. The molecule has 0 spiro atoms. The summed E-state index contributed by atoms with van der Waals surface area (Å²) in [7, 11) is -3.67. The van der Waals surface area contributed by atoms with Crippen LogP contribution in [-0.4, -0.2) is 37.1 Å². The smallest absolute Gasteiger partial charge is 0.182 e. The Kier molecular flexibility index (Phi) is 4.23. The van der Waals surface area contributed by atoms with Crippen LogP contribution >= 0.6 is 11.6 Å². The van der Waals surface area contributed by atoms with E-state index in [1.54, 1.807) is 42.5 Å². The largest absolute Gasteiger partial charge is 0.396 e. The number of hydrogen-bond acceptors (Lipinski definition) is 4. The molecule has 1 saturated carbocycles. The van der Waals surface area contributed by atoms with Crippen molar-refractivity contribution >= 4 is 21.4 Å². The van der Waals surface area contributed by atoms with Crippen LogP contribution in [0.3, 0.4) is 0 Å². The van der Waals surface area contributed by atoms with E-state index in [-0.39, 0.29) is 4.90 Å². The van der Waals surface area contributed by atoms with Gasteiger partial charge in [0.15, 0.2) is 9.84 Å². The van der Waals surface area contributed by atoms with Crippen molar-refractivity contribution in [3.8, 4) is 0 Å². The highest BCUT2D eigenvalue weighted by molar-refractivity contribution is 7.92. The summed E-state index contributed by atoms with van der Waals surface area (Å²) in [5.74, 6) is -0.485. The molecule has 6 heteroatoms. The van der Waals surface area contributed by atoms with E-state index in [0.29, 0.717) is 10.6 Å². The van der Waals surface area contributed by atoms with E-state index in [1.165, 1.54) is 12.1 Å². The summed E-state index contributed by atoms with van der Waals surface area (Å²) >= 11 is 6.00. The van der Waals surface area contributed by atoms with Crippen molar-refractivity contribution < 1.29 is 18.6 Å². The van der Waals surface area contributed by atoms with Gasteiger partial charge < -0.3 is 10.2 Å². The van der Waals surface area contributed by atoms with Gasteiger partial charge in [-0.25, -0.2) is 8.42 Å². The zero-order valence-corrected chi connectivity index (χ0v) is 13.8. The normalized spacial score (nSPS) is 22.7. The SMILES string of the molecule is O=S(=O)(c1ccccc1)[C@@H]1[C@H](c2cccc(Cl)c2)C1(CO)CO. The monoisotopic (exact) mass is 352 g/mol. The molecule has 0 saturated heterocycles. The molecule has 0 aliphatic heterocycles. The maximum Gasteiger partial charge on any atom is 0.182 e. The molecular weight excluding hydrogens is 336 g/mol. The number of aliphatic hydroxyl groups is 2. The fraction of sp³-hybridized carbons (Fsp3) is 0.294. The molecule has 0 radical (unpaired) electrons. The number of rotatable bonds is 5. The molecular formula is C17H17ClO4S. The van der Waals surface area contributed by atoms with Crippen molar-refractivity contribution in [2.75, 3.05) is 13.2 Å². The minimum atomic E-state index is -3.67. The number of sulfone groups is 1. The maximum absolute atomic E-state index is 12.9. The van der Waals surface area contributed by atoms with E-state index >= 15 is 0 Å². The molecule has 0 bridgehead atoms. The summed E-state index contributed by atoms with van der Waals surface area (Å²) in [5, 5.41) is 19.2. The van der Waals surface area contributed by atoms with Crippen molar-refractivity contribution in [2.45, 2.75) is 16.1 Å². The molecule has 0 aromatic heterocycles. The van der Waals surface area contributed by atoms with Gasteiger partial charge in [-0.1, -0.05) is 41.9 Å². The molecule has 122 valence electrons. The van der Waals surface area contributed by atoms with Crippen LogP contribution in [0, 0.1) is 5.41 Å². The molecule has 3 rings (SSSR count). The van der Waals surface area contributed by atoms with Gasteiger partial charge in [-0.2, -0.15) is 0 Å². The Bertz CT molecular complexity index is 800.